The molecular weight excluding hydrogens is 1350 g/mol. The number of nitrogens with zero attached hydrogens (tertiary/aromatic N) is 4. The number of hydrogen-bond acceptors (Lipinski definition) is 4. The zero-order chi connectivity index (χ0) is 73.7. The third kappa shape index (κ3) is 12.4. The number of hydrogen-bond donors (Lipinski definition) is 0. The van der Waals surface area contributed by atoms with Gasteiger partial charge in [-0.3, -0.25) is 0 Å². The summed E-state index contributed by atoms with van der Waals surface area (Å²) >= 11 is 0. The molecule has 0 radical (unpaired) electrons. The van der Waals surface area contributed by atoms with Crippen LogP contribution in [-0.2, 0) is 53.6 Å². The number of benzene rings is 10. The van der Waals surface area contributed by atoms with Crippen LogP contribution >= 0.6 is 0 Å². The molecule has 0 N–H and O–H groups in total. The molecule has 0 atom stereocenters. The predicted octanol–water partition coefficient (Wildman–Crippen LogP) is 24.9. The van der Waals surface area contributed by atoms with Crippen molar-refractivity contribution >= 4 is 44.6 Å². The van der Waals surface area contributed by atoms with Crippen LogP contribution in [0.15, 0.2) is 218 Å². The third-order valence-corrected chi connectivity index (χ3v) is 19.5. The van der Waals surface area contributed by atoms with Gasteiger partial charge in [0.05, 0.1) is 11.0 Å². The normalized spacial score (nSPS) is 15.8. The SMILES string of the molecule is [2H]c1c([2H])c([2H])c(-c2cnc(-n3c4[c-]c(Oc5[c-]c(N6[CH-]N(c7c(-c8cccc(-c9ccccc9)c8)cc(C(C)(C)C)cc7-c7c([2H])c([2H])c8c(c7[2H])C(C)(C)CCC8(C)C)c7ccccc76)ccc5)ccc4c4ccc(-c5cc(C(C)(C)C)cc(C(C)(C)C)c5)cc43)cc2C(C)(C)C)c([2H])c1[2H].[Pt]. The summed E-state index contributed by atoms with van der Waals surface area (Å²) in [5.41, 5.74) is 16.4. The van der Waals surface area contributed by atoms with Crippen LogP contribution in [0.3, 0.4) is 0 Å². The monoisotopic (exact) mass is 1440 g/mol. The van der Waals surface area contributed by atoms with E-state index in [4.69, 9.17) is 16.6 Å². The number of para-hydroxylation sites is 2. The molecule has 0 saturated heterocycles. The molecule has 14 rings (SSSR count). The Labute approximate surface area is 596 Å². The van der Waals surface area contributed by atoms with Crippen LogP contribution in [0.1, 0.15) is 168 Å². The van der Waals surface area contributed by atoms with Crippen molar-refractivity contribution < 1.29 is 36.8 Å². The van der Waals surface area contributed by atoms with Crippen LogP contribution < -0.4 is 14.5 Å². The van der Waals surface area contributed by atoms with E-state index in [9.17, 15) is 4.11 Å². The van der Waals surface area contributed by atoms with Crippen molar-refractivity contribution in [2.24, 2.45) is 0 Å². The van der Waals surface area contributed by atoms with E-state index in [1.807, 2.05) is 48.5 Å². The Bertz CT molecular complexity index is 5390. The van der Waals surface area contributed by atoms with E-state index in [2.05, 4.69) is 259 Å². The average Bonchev–Trinajstić information content (AvgIpc) is 1.48. The van der Waals surface area contributed by atoms with Crippen molar-refractivity contribution in [3.63, 3.8) is 0 Å². The van der Waals surface area contributed by atoms with Crippen molar-refractivity contribution in [3.05, 3.63) is 271 Å². The summed E-state index contributed by atoms with van der Waals surface area (Å²) in [7, 11) is 0. The molecule has 2 aliphatic rings. The first-order chi connectivity index (χ1) is 48.4. The third-order valence-electron chi connectivity index (χ3n) is 19.5. The molecule has 3 heterocycles. The number of fused-ring (bicyclic) bond motifs is 5. The summed E-state index contributed by atoms with van der Waals surface area (Å²) in [4.78, 5) is 9.50. The van der Waals surface area contributed by atoms with Gasteiger partial charge in [0.25, 0.3) is 0 Å². The van der Waals surface area contributed by atoms with E-state index in [1.54, 1.807) is 6.20 Å². The molecule has 10 aromatic carbocycles. The van der Waals surface area contributed by atoms with Crippen LogP contribution in [0.5, 0.6) is 11.5 Å². The fourth-order valence-corrected chi connectivity index (χ4v) is 13.7. The molecule has 12 aromatic rings. The number of rotatable bonds is 10. The van der Waals surface area contributed by atoms with Crippen LogP contribution in [0, 0.1) is 18.8 Å². The van der Waals surface area contributed by atoms with Gasteiger partial charge < -0.3 is 19.1 Å². The topological polar surface area (TPSA) is 33.5 Å². The molecule has 0 fully saturated rings. The van der Waals surface area contributed by atoms with Gasteiger partial charge >= 0.3 is 0 Å². The van der Waals surface area contributed by atoms with Crippen LogP contribution in [-0.4, -0.2) is 9.55 Å². The van der Waals surface area contributed by atoms with Gasteiger partial charge in [0, 0.05) is 78.0 Å². The van der Waals surface area contributed by atoms with E-state index in [0.29, 0.717) is 51.3 Å². The minimum Gasteiger partial charge on any atom is -0.509 e. The fraction of sp³-hybridized carbons (Fsp3) is 0.267. The van der Waals surface area contributed by atoms with E-state index in [-0.39, 0.29) is 67.0 Å². The van der Waals surface area contributed by atoms with Crippen LogP contribution in [0.4, 0.5) is 22.7 Å². The Kier molecular flexibility index (Phi) is 14.3. The van der Waals surface area contributed by atoms with Crippen LogP contribution in [0.25, 0.3) is 83.3 Å². The summed E-state index contributed by atoms with van der Waals surface area (Å²) in [6.45, 7) is 37.0. The van der Waals surface area contributed by atoms with Gasteiger partial charge in [-0.1, -0.05) is 256 Å². The standard InChI is InChI=1S/C90H89N4O.Pt/c1-85(2,3)65-46-64(47-66(50-65)86(4,5)6)61-37-40-71-72-41-39-70(54-82(72)94(81(71)49-61)83-55-77(88(10,11)12)75(56-91-83)59-29-21-18-22-30-59)95-69-34-26-33-68(53-69)92-57-93(80-36-24-23-35-79(80)92)84-73(62-32-25-31-60(45-62)58-27-19-17-20-28-58)51-67(87(7,8)9)52-74(84)63-38-42-76-78(48-63)90(15,16)44-43-89(76,13)14;/h17-42,45-52,55-57H,43-44H2,1-16H3;/q-3;/i18D,21D,22D,29D,30D,38D,42D,48D;. The van der Waals surface area contributed by atoms with Gasteiger partial charge in [0.2, 0.25) is 0 Å². The largest absolute Gasteiger partial charge is 0.509 e. The summed E-state index contributed by atoms with van der Waals surface area (Å²) in [5, 5.41) is 1.86. The number of anilines is 4. The molecule has 6 heteroatoms. The summed E-state index contributed by atoms with van der Waals surface area (Å²) in [6.07, 6.45) is 3.34. The van der Waals surface area contributed by atoms with E-state index in [0.717, 1.165) is 102 Å². The van der Waals surface area contributed by atoms with Crippen LogP contribution in [0.2, 0.25) is 0 Å². The van der Waals surface area contributed by atoms with Gasteiger partial charge in [-0.05, 0) is 166 Å². The van der Waals surface area contributed by atoms with E-state index in [1.165, 1.54) is 11.1 Å². The van der Waals surface area contributed by atoms with E-state index < -0.39 is 34.4 Å². The maximum atomic E-state index is 10.5. The first-order valence-corrected chi connectivity index (χ1v) is 33.4. The molecule has 0 amide bonds. The molecule has 5 nitrogen and oxygen atoms in total. The minimum absolute atomic E-state index is 0. The molecule has 1 aliphatic heterocycles. The molecule has 0 spiro atoms. The van der Waals surface area contributed by atoms with Gasteiger partial charge in [0.1, 0.15) is 5.82 Å². The summed E-state index contributed by atoms with van der Waals surface area (Å²) < 4.78 is 83.7. The molecular formula is C90H89N4OPt-3. The molecule has 2 aromatic heterocycles. The molecule has 488 valence electrons. The first-order valence-electron chi connectivity index (χ1n) is 37.4. The Morgan fingerprint density at radius 2 is 1.05 bits per heavy atom. The molecule has 0 saturated carbocycles. The zero-order valence-corrected chi connectivity index (χ0v) is 60.4. The van der Waals surface area contributed by atoms with Crippen molar-refractivity contribution in [3.8, 4) is 73.0 Å². The van der Waals surface area contributed by atoms with Gasteiger partial charge in [-0.25, -0.2) is 4.98 Å². The van der Waals surface area contributed by atoms with Gasteiger partial charge in [-0.15, -0.1) is 48.1 Å². The zero-order valence-electron chi connectivity index (χ0n) is 66.2. The molecule has 1 aliphatic carbocycles. The number of pyridine rings is 1. The maximum absolute atomic E-state index is 10.5. The van der Waals surface area contributed by atoms with Gasteiger partial charge in [-0.2, -0.15) is 12.1 Å². The second-order valence-electron chi connectivity index (χ2n) is 31.5. The van der Waals surface area contributed by atoms with E-state index >= 15 is 0 Å². The number of aromatic nitrogens is 2. The number of ether oxygens (including phenoxy) is 1. The van der Waals surface area contributed by atoms with Crippen molar-refractivity contribution in [2.45, 2.75) is 156 Å². The maximum Gasteiger partial charge on any atom is 0.135 e. The second kappa shape index (κ2) is 24.4. The fourth-order valence-electron chi connectivity index (χ4n) is 13.7. The smallest absolute Gasteiger partial charge is 0.135 e. The first kappa shape index (κ1) is 56.4. The predicted molar refractivity (Wildman–Crippen MR) is 401 cm³/mol. The average molecular weight is 1450 g/mol. The Hall–Kier alpha value is -8.76. The Balaban J connectivity index is 0.00000961. The molecule has 0 unspecified atom stereocenters. The van der Waals surface area contributed by atoms with Crippen molar-refractivity contribution in [2.75, 3.05) is 9.80 Å². The molecule has 96 heavy (non-hydrogen) atoms. The van der Waals surface area contributed by atoms with Gasteiger partial charge in [0.15, 0.2) is 0 Å². The summed E-state index contributed by atoms with van der Waals surface area (Å²) in [5.74, 6) is 1.40. The molecule has 0 bridgehead atoms. The second-order valence-corrected chi connectivity index (χ2v) is 31.5. The minimum atomic E-state index is -0.588. The summed E-state index contributed by atoms with van der Waals surface area (Å²) in [6, 6.07) is 63.1. The Morgan fingerprint density at radius 1 is 0.469 bits per heavy atom. The Morgan fingerprint density at radius 3 is 1.73 bits per heavy atom. The van der Waals surface area contributed by atoms with Crippen molar-refractivity contribution in [1.29, 1.82) is 0 Å². The quantitative estimate of drug-likeness (QED) is 0.128. The van der Waals surface area contributed by atoms with Crippen molar-refractivity contribution in [1.82, 2.24) is 9.55 Å².